The summed E-state index contributed by atoms with van der Waals surface area (Å²) in [6.45, 7) is 3.74. The summed E-state index contributed by atoms with van der Waals surface area (Å²) in [6.07, 6.45) is 4.57. The van der Waals surface area contributed by atoms with E-state index in [9.17, 15) is 4.79 Å². The summed E-state index contributed by atoms with van der Waals surface area (Å²) in [5, 5.41) is 6.97. The van der Waals surface area contributed by atoms with E-state index in [4.69, 9.17) is 5.73 Å². The Morgan fingerprint density at radius 2 is 2.18 bits per heavy atom. The maximum Gasteiger partial charge on any atom is 0.280 e. The number of hydrogen-bond acceptors (Lipinski definition) is 5. The maximum absolute atomic E-state index is 12.0. The zero-order valence-electron chi connectivity index (χ0n) is 10.1. The lowest BCUT2D eigenvalue weighted by molar-refractivity contribution is 0.0676. The molecule has 2 N–H and O–H groups in total. The van der Waals surface area contributed by atoms with Crippen molar-refractivity contribution in [1.29, 1.82) is 0 Å². The van der Waals surface area contributed by atoms with Crippen molar-refractivity contribution >= 4 is 11.7 Å². The minimum Gasteiger partial charge on any atom is -0.379 e. The summed E-state index contributed by atoms with van der Waals surface area (Å²) < 4.78 is 4.44. The average Bonchev–Trinajstić information content (AvgIpc) is 2.76. The fourth-order valence-electron chi connectivity index (χ4n) is 2.33. The molecular formula is C11H18N4O2. The number of aromatic nitrogens is 2. The van der Waals surface area contributed by atoms with Gasteiger partial charge in [0.15, 0.2) is 0 Å². The lowest BCUT2D eigenvalue weighted by Crippen LogP contribution is -2.38. The standard InChI is InChI=1S/C11H18N4O2/c1-2-3-8-4-6-15(7-5-8)11(16)9-10(12)14-17-13-9/h8H,2-7H2,1H3,(H2,12,14). The van der Waals surface area contributed by atoms with Crippen LogP contribution in [0.25, 0.3) is 0 Å². The van der Waals surface area contributed by atoms with Gasteiger partial charge in [-0.3, -0.25) is 4.79 Å². The van der Waals surface area contributed by atoms with Crippen LogP contribution in [0.1, 0.15) is 43.1 Å². The van der Waals surface area contributed by atoms with Crippen molar-refractivity contribution in [2.45, 2.75) is 32.6 Å². The van der Waals surface area contributed by atoms with E-state index in [0.29, 0.717) is 0 Å². The van der Waals surface area contributed by atoms with Gasteiger partial charge in [0.25, 0.3) is 5.91 Å². The Hall–Kier alpha value is -1.59. The molecule has 1 aromatic heterocycles. The molecule has 6 nitrogen and oxygen atoms in total. The molecule has 2 heterocycles. The number of nitrogen functional groups attached to an aromatic ring is 1. The van der Waals surface area contributed by atoms with Crippen molar-refractivity contribution in [3.05, 3.63) is 5.69 Å². The highest BCUT2D eigenvalue weighted by molar-refractivity contribution is 5.96. The average molecular weight is 238 g/mol. The van der Waals surface area contributed by atoms with E-state index in [0.717, 1.165) is 31.8 Å². The molecule has 1 fully saturated rings. The largest absolute Gasteiger partial charge is 0.379 e. The lowest BCUT2D eigenvalue weighted by Gasteiger charge is -2.31. The first-order valence-electron chi connectivity index (χ1n) is 6.09. The van der Waals surface area contributed by atoms with E-state index in [1.807, 2.05) is 0 Å². The zero-order valence-corrected chi connectivity index (χ0v) is 10.1. The highest BCUT2D eigenvalue weighted by atomic mass is 16.6. The van der Waals surface area contributed by atoms with Gasteiger partial charge in [0.2, 0.25) is 11.5 Å². The molecule has 1 saturated heterocycles. The SMILES string of the molecule is CCCC1CCN(C(=O)c2nonc2N)CC1. The van der Waals surface area contributed by atoms with E-state index in [1.165, 1.54) is 12.8 Å². The lowest BCUT2D eigenvalue weighted by atomic mass is 9.92. The predicted molar refractivity (Wildman–Crippen MR) is 62.2 cm³/mol. The second-order valence-corrected chi connectivity index (χ2v) is 4.52. The molecule has 1 amide bonds. The normalized spacial score (nSPS) is 17.4. The Labute approximate surface area is 100 Å². The Balaban J connectivity index is 1.93. The Bertz CT molecular complexity index is 383. The van der Waals surface area contributed by atoms with Gasteiger partial charge < -0.3 is 10.6 Å². The number of amides is 1. The minimum atomic E-state index is -0.168. The molecular weight excluding hydrogens is 220 g/mol. The number of carbonyl (C=O) groups is 1. The maximum atomic E-state index is 12.0. The number of likely N-dealkylation sites (tertiary alicyclic amines) is 1. The molecule has 0 aromatic carbocycles. The quantitative estimate of drug-likeness (QED) is 0.858. The number of hydrogen-bond donors (Lipinski definition) is 1. The van der Waals surface area contributed by atoms with Gasteiger partial charge in [-0.1, -0.05) is 19.8 Å². The van der Waals surface area contributed by atoms with E-state index in [1.54, 1.807) is 4.90 Å². The Morgan fingerprint density at radius 3 is 2.71 bits per heavy atom. The molecule has 94 valence electrons. The molecule has 0 aliphatic carbocycles. The van der Waals surface area contributed by atoms with Crippen LogP contribution in [0.4, 0.5) is 5.82 Å². The topological polar surface area (TPSA) is 85.2 Å². The van der Waals surface area contributed by atoms with Crippen LogP contribution in [0.15, 0.2) is 4.63 Å². The summed E-state index contributed by atoms with van der Waals surface area (Å²) in [4.78, 5) is 13.8. The molecule has 0 bridgehead atoms. The summed E-state index contributed by atoms with van der Waals surface area (Å²) in [5.41, 5.74) is 5.65. The molecule has 0 radical (unpaired) electrons. The summed E-state index contributed by atoms with van der Waals surface area (Å²) in [7, 11) is 0. The van der Waals surface area contributed by atoms with E-state index >= 15 is 0 Å². The van der Waals surface area contributed by atoms with Crippen molar-refractivity contribution in [1.82, 2.24) is 15.2 Å². The second kappa shape index (κ2) is 5.16. The van der Waals surface area contributed by atoms with E-state index in [2.05, 4.69) is 21.9 Å². The first-order valence-corrected chi connectivity index (χ1v) is 6.09. The van der Waals surface area contributed by atoms with Crippen LogP contribution in [-0.4, -0.2) is 34.2 Å². The third-order valence-electron chi connectivity index (χ3n) is 3.32. The number of nitrogens with zero attached hydrogens (tertiary/aromatic N) is 3. The molecule has 0 saturated carbocycles. The van der Waals surface area contributed by atoms with Gasteiger partial charge in [0.1, 0.15) is 0 Å². The van der Waals surface area contributed by atoms with Crippen molar-refractivity contribution < 1.29 is 9.42 Å². The number of carbonyl (C=O) groups excluding carboxylic acids is 1. The van der Waals surface area contributed by atoms with E-state index < -0.39 is 0 Å². The monoisotopic (exact) mass is 238 g/mol. The second-order valence-electron chi connectivity index (χ2n) is 4.52. The molecule has 17 heavy (non-hydrogen) atoms. The first kappa shape index (κ1) is 11.9. The summed E-state index contributed by atoms with van der Waals surface area (Å²) >= 11 is 0. The first-order chi connectivity index (χ1) is 8.22. The van der Waals surface area contributed by atoms with Crippen LogP contribution >= 0.6 is 0 Å². The molecule has 0 unspecified atom stereocenters. The fourth-order valence-corrected chi connectivity index (χ4v) is 2.33. The van der Waals surface area contributed by atoms with Crippen LogP contribution < -0.4 is 5.73 Å². The molecule has 0 spiro atoms. The van der Waals surface area contributed by atoms with Gasteiger partial charge >= 0.3 is 0 Å². The minimum absolute atomic E-state index is 0.0747. The zero-order chi connectivity index (χ0) is 12.3. The predicted octanol–water partition coefficient (Wildman–Crippen LogP) is 1.30. The van der Waals surface area contributed by atoms with Gasteiger partial charge in [-0.15, -0.1) is 0 Å². The smallest absolute Gasteiger partial charge is 0.280 e. The molecule has 1 aliphatic rings. The molecule has 2 rings (SSSR count). The van der Waals surface area contributed by atoms with Crippen LogP contribution in [0.2, 0.25) is 0 Å². The Morgan fingerprint density at radius 1 is 1.47 bits per heavy atom. The van der Waals surface area contributed by atoms with Crippen molar-refractivity contribution in [2.24, 2.45) is 5.92 Å². The highest BCUT2D eigenvalue weighted by Crippen LogP contribution is 2.23. The fraction of sp³-hybridized carbons (Fsp3) is 0.727. The van der Waals surface area contributed by atoms with Gasteiger partial charge in [-0.2, -0.15) is 0 Å². The van der Waals surface area contributed by atoms with E-state index in [-0.39, 0.29) is 17.4 Å². The van der Waals surface area contributed by atoms with Crippen LogP contribution in [-0.2, 0) is 0 Å². The molecule has 0 atom stereocenters. The summed E-state index contributed by atoms with van der Waals surface area (Å²) in [6, 6.07) is 0. The van der Waals surface area contributed by atoms with Gasteiger partial charge in [-0.25, -0.2) is 4.63 Å². The molecule has 1 aliphatic heterocycles. The molecule has 1 aromatic rings. The number of piperidine rings is 1. The van der Waals surface area contributed by atoms with Gasteiger partial charge in [0, 0.05) is 13.1 Å². The number of nitrogens with two attached hydrogens (primary N) is 1. The van der Waals surface area contributed by atoms with Gasteiger partial charge in [0.05, 0.1) is 0 Å². The number of rotatable bonds is 3. The van der Waals surface area contributed by atoms with Crippen LogP contribution in [0, 0.1) is 5.92 Å². The number of anilines is 1. The van der Waals surface area contributed by atoms with Crippen LogP contribution in [0.3, 0.4) is 0 Å². The Kier molecular flexibility index (Phi) is 3.61. The van der Waals surface area contributed by atoms with Gasteiger partial charge in [-0.05, 0) is 29.1 Å². The van der Waals surface area contributed by atoms with Crippen molar-refractivity contribution in [3.63, 3.8) is 0 Å². The molecule has 6 heteroatoms. The van der Waals surface area contributed by atoms with Crippen LogP contribution in [0.5, 0.6) is 0 Å². The third kappa shape index (κ3) is 2.57. The van der Waals surface area contributed by atoms with Crippen molar-refractivity contribution in [3.8, 4) is 0 Å². The summed E-state index contributed by atoms with van der Waals surface area (Å²) in [5.74, 6) is 0.654. The third-order valence-corrected chi connectivity index (χ3v) is 3.32. The highest BCUT2D eigenvalue weighted by Gasteiger charge is 2.26. The van der Waals surface area contributed by atoms with Crippen molar-refractivity contribution in [2.75, 3.05) is 18.8 Å².